The van der Waals surface area contributed by atoms with Gasteiger partial charge < -0.3 is 5.32 Å². The summed E-state index contributed by atoms with van der Waals surface area (Å²) in [5.41, 5.74) is 1.92. The second kappa shape index (κ2) is 2.48. The lowest BCUT2D eigenvalue weighted by molar-refractivity contribution is 0.786. The number of hydrogen-bond acceptors (Lipinski definition) is 3. The number of nitrogens with one attached hydrogen (secondary N) is 1. The molecule has 12 heavy (non-hydrogen) atoms. The largest absolute Gasteiger partial charge is 0.387 e. The van der Waals surface area contributed by atoms with Crippen LogP contribution in [0.1, 0.15) is 0 Å². The maximum absolute atomic E-state index is 4.25. The van der Waals surface area contributed by atoms with E-state index in [1.165, 1.54) is 0 Å². The van der Waals surface area contributed by atoms with Gasteiger partial charge in [-0.25, -0.2) is 4.98 Å². The van der Waals surface area contributed by atoms with E-state index < -0.39 is 0 Å². The van der Waals surface area contributed by atoms with Gasteiger partial charge in [0.05, 0.1) is 18.1 Å². The summed E-state index contributed by atoms with van der Waals surface area (Å²) >= 11 is 0. The van der Waals surface area contributed by atoms with Crippen molar-refractivity contribution in [1.82, 2.24) is 14.8 Å². The van der Waals surface area contributed by atoms with E-state index >= 15 is 0 Å². The highest BCUT2D eigenvalue weighted by Gasteiger charge is 1.99. The molecule has 0 aromatic carbocycles. The third kappa shape index (κ3) is 0.922. The monoisotopic (exact) mass is 162 g/mol. The molecule has 0 unspecified atom stereocenters. The van der Waals surface area contributed by atoms with Gasteiger partial charge in [-0.3, -0.25) is 4.68 Å². The Bertz CT molecular complexity index is 404. The van der Waals surface area contributed by atoms with Crippen LogP contribution in [0, 0.1) is 0 Å². The zero-order valence-corrected chi connectivity index (χ0v) is 7.07. The summed E-state index contributed by atoms with van der Waals surface area (Å²) < 4.78 is 1.76. The molecule has 0 radical (unpaired) electrons. The van der Waals surface area contributed by atoms with Gasteiger partial charge in [0, 0.05) is 19.5 Å². The van der Waals surface area contributed by atoms with E-state index in [9.17, 15) is 0 Å². The fourth-order valence-corrected chi connectivity index (χ4v) is 1.18. The zero-order chi connectivity index (χ0) is 8.55. The number of fused-ring (bicyclic) bond motifs is 1. The standard InChI is InChI=1S/C8H10N4/c1-9-7-3-6-4-11-12(2)8(6)10-5-7/h3-5,9H,1-2H3. The fraction of sp³-hybridized carbons (Fsp3) is 0.250. The van der Waals surface area contributed by atoms with Crippen LogP contribution in [-0.4, -0.2) is 21.8 Å². The molecule has 2 heterocycles. The summed E-state index contributed by atoms with van der Waals surface area (Å²) in [5.74, 6) is 0. The predicted molar refractivity (Wildman–Crippen MR) is 48.1 cm³/mol. The number of rotatable bonds is 1. The van der Waals surface area contributed by atoms with Crippen molar-refractivity contribution >= 4 is 16.7 Å². The Kier molecular flexibility index (Phi) is 1.46. The minimum atomic E-state index is 0.911. The lowest BCUT2D eigenvalue weighted by atomic mass is 10.3. The van der Waals surface area contributed by atoms with Crippen molar-refractivity contribution in [1.29, 1.82) is 0 Å². The molecule has 0 aliphatic heterocycles. The number of nitrogens with zero attached hydrogens (tertiary/aromatic N) is 3. The van der Waals surface area contributed by atoms with Crippen LogP contribution < -0.4 is 5.32 Å². The minimum absolute atomic E-state index is 0.911. The first kappa shape index (κ1) is 7.09. The van der Waals surface area contributed by atoms with Crippen LogP contribution in [0.25, 0.3) is 11.0 Å². The third-order valence-corrected chi connectivity index (χ3v) is 1.86. The van der Waals surface area contributed by atoms with E-state index in [2.05, 4.69) is 15.4 Å². The lowest BCUT2D eigenvalue weighted by Gasteiger charge is -1.98. The van der Waals surface area contributed by atoms with Crippen LogP contribution in [0.2, 0.25) is 0 Å². The van der Waals surface area contributed by atoms with Gasteiger partial charge in [0.2, 0.25) is 0 Å². The van der Waals surface area contributed by atoms with E-state index in [1.807, 2.05) is 26.4 Å². The molecule has 2 aromatic rings. The Balaban J connectivity index is 2.69. The number of pyridine rings is 1. The number of anilines is 1. The SMILES string of the molecule is CNc1cnc2c(cnn2C)c1. The smallest absolute Gasteiger partial charge is 0.157 e. The fourth-order valence-electron chi connectivity index (χ4n) is 1.18. The molecule has 0 fully saturated rings. The maximum Gasteiger partial charge on any atom is 0.157 e. The summed E-state index contributed by atoms with van der Waals surface area (Å²) in [7, 11) is 3.76. The van der Waals surface area contributed by atoms with Gasteiger partial charge >= 0.3 is 0 Å². The van der Waals surface area contributed by atoms with E-state index in [-0.39, 0.29) is 0 Å². The van der Waals surface area contributed by atoms with E-state index in [0.717, 1.165) is 16.7 Å². The summed E-state index contributed by atoms with van der Waals surface area (Å²) in [6.07, 6.45) is 3.60. The second-order valence-electron chi connectivity index (χ2n) is 2.66. The average molecular weight is 162 g/mol. The van der Waals surface area contributed by atoms with Crippen molar-refractivity contribution in [3.8, 4) is 0 Å². The van der Waals surface area contributed by atoms with E-state index in [1.54, 1.807) is 10.9 Å². The zero-order valence-electron chi connectivity index (χ0n) is 7.07. The Morgan fingerprint density at radius 1 is 1.42 bits per heavy atom. The lowest BCUT2D eigenvalue weighted by Crippen LogP contribution is -1.93. The number of hydrogen-bond donors (Lipinski definition) is 1. The first-order valence-corrected chi connectivity index (χ1v) is 3.77. The van der Waals surface area contributed by atoms with E-state index in [4.69, 9.17) is 0 Å². The topological polar surface area (TPSA) is 42.7 Å². The van der Waals surface area contributed by atoms with Crippen molar-refractivity contribution in [3.05, 3.63) is 18.5 Å². The van der Waals surface area contributed by atoms with Crippen LogP contribution >= 0.6 is 0 Å². The second-order valence-corrected chi connectivity index (χ2v) is 2.66. The van der Waals surface area contributed by atoms with Crippen LogP contribution in [-0.2, 0) is 7.05 Å². The van der Waals surface area contributed by atoms with Gasteiger partial charge in [-0.05, 0) is 6.07 Å². The molecule has 0 amide bonds. The molecular weight excluding hydrogens is 152 g/mol. The van der Waals surface area contributed by atoms with Crippen LogP contribution in [0.5, 0.6) is 0 Å². The molecule has 1 N–H and O–H groups in total. The first-order valence-electron chi connectivity index (χ1n) is 3.77. The van der Waals surface area contributed by atoms with Gasteiger partial charge in [0.1, 0.15) is 0 Å². The molecule has 4 nitrogen and oxygen atoms in total. The third-order valence-electron chi connectivity index (χ3n) is 1.86. The molecule has 0 aliphatic rings. The molecule has 0 saturated heterocycles. The van der Waals surface area contributed by atoms with Gasteiger partial charge in [-0.2, -0.15) is 5.10 Å². The Hall–Kier alpha value is -1.58. The quantitative estimate of drug-likeness (QED) is 0.680. The highest BCUT2D eigenvalue weighted by molar-refractivity contribution is 5.77. The maximum atomic E-state index is 4.25. The highest BCUT2D eigenvalue weighted by atomic mass is 15.3. The Morgan fingerprint density at radius 2 is 2.25 bits per heavy atom. The molecule has 0 saturated carbocycles. The van der Waals surface area contributed by atoms with Crippen molar-refractivity contribution in [2.75, 3.05) is 12.4 Å². The highest BCUT2D eigenvalue weighted by Crippen LogP contribution is 2.14. The molecule has 0 atom stereocenters. The van der Waals surface area contributed by atoms with Gasteiger partial charge in [-0.1, -0.05) is 0 Å². The minimum Gasteiger partial charge on any atom is -0.387 e. The molecule has 0 spiro atoms. The molecular formula is C8H10N4. The molecule has 0 bridgehead atoms. The van der Waals surface area contributed by atoms with Crippen molar-refractivity contribution < 1.29 is 0 Å². The molecule has 2 aromatic heterocycles. The predicted octanol–water partition coefficient (Wildman–Crippen LogP) is 1.01. The molecule has 2 rings (SSSR count). The first-order chi connectivity index (χ1) is 5.81. The number of aryl methyl sites for hydroxylation is 1. The van der Waals surface area contributed by atoms with Crippen molar-refractivity contribution in [2.24, 2.45) is 7.05 Å². The molecule has 4 heteroatoms. The summed E-state index contributed by atoms with van der Waals surface area (Å²) in [6.45, 7) is 0. The molecule has 0 aliphatic carbocycles. The molecule has 62 valence electrons. The van der Waals surface area contributed by atoms with Crippen LogP contribution in [0.3, 0.4) is 0 Å². The summed E-state index contributed by atoms with van der Waals surface area (Å²) in [4.78, 5) is 4.25. The van der Waals surface area contributed by atoms with Crippen LogP contribution in [0.15, 0.2) is 18.5 Å². The normalized spacial score (nSPS) is 10.5. The number of aromatic nitrogens is 3. The van der Waals surface area contributed by atoms with Crippen molar-refractivity contribution in [3.63, 3.8) is 0 Å². The Morgan fingerprint density at radius 3 is 3.00 bits per heavy atom. The van der Waals surface area contributed by atoms with Gasteiger partial charge in [0.25, 0.3) is 0 Å². The summed E-state index contributed by atoms with van der Waals surface area (Å²) in [6, 6.07) is 2.02. The summed E-state index contributed by atoms with van der Waals surface area (Å²) in [5, 5.41) is 8.19. The van der Waals surface area contributed by atoms with Gasteiger partial charge in [-0.15, -0.1) is 0 Å². The van der Waals surface area contributed by atoms with E-state index in [0.29, 0.717) is 0 Å². The average Bonchev–Trinajstić information content (AvgIpc) is 2.47. The van der Waals surface area contributed by atoms with Gasteiger partial charge in [0.15, 0.2) is 5.65 Å². The Labute approximate surface area is 70.2 Å². The van der Waals surface area contributed by atoms with Crippen molar-refractivity contribution in [2.45, 2.75) is 0 Å². The van der Waals surface area contributed by atoms with Crippen LogP contribution in [0.4, 0.5) is 5.69 Å².